The van der Waals surface area contributed by atoms with E-state index < -0.39 is 17.5 Å². The Bertz CT molecular complexity index is 1630. The lowest BCUT2D eigenvalue weighted by atomic mass is 9.72. The molecule has 0 radical (unpaired) electrons. The van der Waals surface area contributed by atoms with Crippen LogP contribution in [0.25, 0.3) is 11.1 Å². The number of aliphatic hydroxyl groups is 1. The van der Waals surface area contributed by atoms with E-state index in [1.165, 1.54) is 13.2 Å². The van der Waals surface area contributed by atoms with Crippen molar-refractivity contribution in [1.82, 2.24) is 36.2 Å². The van der Waals surface area contributed by atoms with Gasteiger partial charge in [-0.3, -0.25) is 4.79 Å². The number of H-pyrrole nitrogens is 1. The van der Waals surface area contributed by atoms with Gasteiger partial charge in [0.05, 0.1) is 12.7 Å². The number of ether oxygens (including phenoxy) is 1. The molecule has 248 valence electrons. The second-order valence-electron chi connectivity index (χ2n) is 12.0. The molecule has 4 N–H and O–H groups in total. The zero-order chi connectivity index (χ0) is 33.2. The summed E-state index contributed by atoms with van der Waals surface area (Å²) < 4.78 is 20.4. The van der Waals surface area contributed by atoms with Gasteiger partial charge in [0.15, 0.2) is 5.82 Å². The van der Waals surface area contributed by atoms with Crippen molar-refractivity contribution < 1.29 is 23.8 Å². The number of rotatable bonds is 13. The van der Waals surface area contributed by atoms with Gasteiger partial charge in [-0.2, -0.15) is 5.21 Å². The number of tetrazole rings is 1. The third-order valence-electron chi connectivity index (χ3n) is 8.80. The number of aromatic nitrogens is 4. The third-order valence-corrected chi connectivity index (χ3v) is 8.80. The fraction of sp³-hybridized carbons (Fsp3) is 0.400. The molecule has 0 saturated carbocycles. The first-order valence-electron chi connectivity index (χ1n) is 16.0. The number of nitrogens with zero attached hydrogens (tertiary/aromatic N) is 4. The quantitative estimate of drug-likeness (QED) is 0.156. The van der Waals surface area contributed by atoms with E-state index in [2.05, 4.69) is 31.3 Å². The SMILES string of the molecule is COC(=O)NCCCC(O)(c1cccc(F)c1-c1cccc(C)c1)C1CCCN(C(=O)c2ccc(CNCCc3nn[nH]n3)cc2)C1. The monoisotopic (exact) mass is 643 g/mol. The van der Waals surface area contributed by atoms with Crippen LogP contribution in [0, 0.1) is 18.7 Å². The maximum Gasteiger partial charge on any atom is 0.406 e. The lowest BCUT2D eigenvalue weighted by Crippen LogP contribution is -2.48. The maximum atomic E-state index is 15.7. The number of nitrogens with one attached hydrogen (secondary N) is 3. The molecule has 4 aromatic rings. The van der Waals surface area contributed by atoms with Gasteiger partial charge in [-0.05, 0) is 67.5 Å². The molecule has 2 amide bonds. The van der Waals surface area contributed by atoms with Gasteiger partial charge < -0.3 is 25.4 Å². The number of carbonyl (C=O) groups excluding carboxylic acids is 2. The molecule has 0 aliphatic carbocycles. The Morgan fingerprint density at radius 2 is 1.94 bits per heavy atom. The summed E-state index contributed by atoms with van der Waals surface area (Å²) in [6.45, 7) is 4.41. The molecule has 0 bridgehead atoms. The molecule has 2 unspecified atom stereocenters. The summed E-state index contributed by atoms with van der Waals surface area (Å²) in [6.07, 6.45) is 2.11. The molecule has 5 rings (SSSR count). The van der Waals surface area contributed by atoms with Gasteiger partial charge in [0.1, 0.15) is 5.82 Å². The average molecular weight is 644 g/mol. The van der Waals surface area contributed by atoms with E-state index in [-0.39, 0.29) is 24.8 Å². The summed E-state index contributed by atoms with van der Waals surface area (Å²) >= 11 is 0. The van der Waals surface area contributed by atoms with Crippen molar-refractivity contribution >= 4 is 12.0 Å². The third kappa shape index (κ3) is 8.38. The van der Waals surface area contributed by atoms with E-state index in [1.54, 1.807) is 17.0 Å². The molecule has 1 aromatic heterocycles. The first-order chi connectivity index (χ1) is 22.8. The van der Waals surface area contributed by atoms with E-state index in [4.69, 9.17) is 4.74 Å². The van der Waals surface area contributed by atoms with Crippen LogP contribution in [0.4, 0.5) is 9.18 Å². The van der Waals surface area contributed by atoms with Crippen LogP contribution in [0.2, 0.25) is 0 Å². The van der Waals surface area contributed by atoms with Crippen LogP contribution in [0.5, 0.6) is 0 Å². The van der Waals surface area contributed by atoms with Crippen LogP contribution in [0.3, 0.4) is 0 Å². The molecule has 2 heterocycles. The normalized spacial score (nSPS) is 16.0. The molecular weight excluding hydrogens is 601 g/mol. The van der Waals surface area contributed by atoms with E-state index in [9.17, 15) is 14.7 Å². The molecule has 1 aliphatic heterocycles. The predicted molar refractivity (Wildman–Crippen MR) is 175 cm³/mol. The summed E-state index contributed by atoms with van der Waals surface area (Å²) in [7, 11) is 1.30. The van der Waals surface area contributed by atoms with E-state index in [0.717, 1.165) is 11.1 Å². The van der Waals surface area contributed by atoms with Crippen LogP contribution in [0.15, 0.2) is 66.7 Å². The highest BCUT2D eigenvalue weighted by Gasteiger charge is 2.43. The summed E-state index contributed by atoms with van der Waals surface area (Å²) in [4.78, 5) is 27.2. The Morgan fingerprint density at radius 3 is 2.68 bits per heavy atom. The summed E-state index contributed by atoms with van der Waals surface area (Å²) in [6, 6.07) is 19.9. The minimum Gasteiger partial charge on any atom is -0.453 e. The number of hydrogen-bond donors (Lipinski definition) is 4. The van der Waals surface area contributed by atoms with Crippen LogP contribution in [0.1, 0.15) is 58.6 Å². The topological polar surface area (TPSA) is 145 Å². The van der Waals surface area contributed by atoms with Crippen molar-refractivity contribution in [2.24, 2.45) is 5.92 Å². The van der Waals surface area contributed by atoms with Crippen molar-refractivity contribution in [2.45, 2.75) is 51.2 Å². The highest BCUT2D eigenvalue weighted by atomic mass is 19.1. The second kappa shape index (κ2) is 15.7. The standard InChI is InChI=1S/C35H42FN7O4/c1-24-7-3-8-27(21-24)32-29(10-4-11-30(32)36)35(46,17-6-18-38-34(45)47-2)28-9-5-20-43(23-28)33(44)26-14-12-25(13-15-26)22-37-19-16-31-39-41-42-40-31/h3-4,7-8,10-15,21,28,37,46H,5-6,9,16-20,22-23H2,1-2H3,(H,38,45)(H,39,40,41,42). The largest absolute Gasteiger partial charge is 0.453 e. The lowest BCUT2D eigenvalue weighted by Gasteiger charge is -2.43. The first kappa shape index (κ1) is 33.7. The maximum absolute atomic E-state index is 15.7. The van der Waals surface area contributed by atoms with E-state index in [0.29, 0.717) is 79.9 Å². The number of aromatic amines is 1. The second-order valence-corrected chi connectivity index (χ2v) is 12.0. The van der Waals surface area contributed by atoms with E-state index in [1.807, 2.05) is 55.5 Å². The van der Waals surface area contributed by atoms with Crippen molar-refractivity contribution in [3.8, 4) is 11.1 Å². The molecule has 1 fully saturated rings. The van der Waals surface area contributed by atoms with E-state index >= 15 is 4.39 Å². The molecule has 47 heavy (non-hydrogen) atoms. The summed E-state index contributed by atoms with van der Waals surface area (Å²) in [5.41, 5.74) is 2.62. The van der Waals surface area contributed by atoms with Gasteiger partial charge in [0.25, 0.3) is 5.91 Å². The minimum absolute atomic E-state index is 0.112. The van der Waals surface area contributed by atoms with Gasteiger partial charge in [0.2, 0.25) is 0 Å². The van der Waals surface area contributed by atoms with Crippen LogP contribution in [-0.2, 0) is 23.3 Å². The number of benzene rings is 3. The number of likely N-dealkylation sites (tertiary alicyclic amines) is 1. The number of aryl methyl sites for hydroxylation is 1. The van der Waals surface area contributed by atoms with Crippen LogP contribution in [-0.4, -0.2) is 75.9 Å². The van der Waals surface area contributed by atoms with Crippen molar-refractivity contribution in [3.63, 3.8) is 0 Å². The fourth-order valence-electron chi connectivity index (χ4n) is 6.38. The molecule has 3 aromatic carbocycles. The summed E-state index contributed by atoms with van der Waals surface area (Å²) in [5.74, 6) is -0.260. The highest BCUT2D eigenvalue weighted by Crippen LogP contribution is 2.44. The predicted octanol–water partition coefficient (Wildman–Crippen LogP) is 4.52. The smallest absolute Gasteiger partial charge is 0.406 e. The Labute approximate surface area is 273 Å². The average Bonchev–Trinajstić information content (AvgIpc) is 3.62. The molecule has 0 spiro atoms. The molecule has 12 heteroatoms. The number of alkyl carbamates (subject to hydrolysis) is 1. The summed E-state index contributed by atoms with van der Waals surface area (Å²) in [5, 5.41) is 32.6. The Kier molecular flexibility index (Phi) is 11.3. The van der Waals surface area contributed by atoms with Gasteiger partial charge in [0, 0.05) is 56.2 Å². The highest BCUT2D eigenvalue weighted by molar-refractivity contribution is 5.94. The van der Waals surface area contributed by atoms with Gasteiger partial charge in [-0.25, -0.2) is 9.18 Å². The van der Waals surface area contributed by atoms with Crippen molar-refractivity contribution in [2.75, 3.05) is 33.3 Å². The Morgan fingerprint density at radius 1 is 1.13 bits per heavy atom. The van der Waals surface area contributed by atoms with Crippen molar-refractivity contribution in [3.05, 3.63) is 101 Å². The molecular formula is C35H42FN7O4. The molecule has 1 saturated heterocycles. The number of piperidine rings is 1. The Hall–Kier alpha value is -4.68. The fourth-order valence-corrected chi connectivity index (χ4v) is 6.38. The number of carbonyl (C=O) groups is 2. The number of hydrogen-bond acceptors (Lipinski definition) is 8. The molecule has 11 nitrogen and oxygen atoms in total. The molecule has 2 atom stereocenters. The molecule has 1 aliphatic rings. The Balaban J connectivity index is 1.34. The van der Waals surface area contributed by atoms with Crippen LogP contribution < -0.4 is 10.6 Å². The lowest BCUT2D eigenvalue weighted by molar-refractivity contribution is -0.0564. The van der Waals surface area contributed by atoms with Gasteiger partial charge in [-0.1, -0.05) is 59.3 Å². The van der Waals surface area contributed by atoms with Crippen molar-refractivity contribution in [1.29, 1.82) is 0 Å². The van der Waals surface area contributed by atoms with Crippen LogP contribution >= 0.6 is 0 Å². The minimum atomic E-state index is -1.48. The number of methoxy groups -OCH3 is 1. The zero-order valence-electron chi connectivity index (χ0n) is 26.8. The number of halogens is 1. The first-order valence-corrected chi connectivity index (χ1v) is 16.0. The zero-order valence-corrected chi connectivity index (χ0v) is 26.8. The number of amides is 2. The van der Waals surface area contributed by atoms with Gasteiger partial charge >= 0.3 is 6.09 Å². The van der Waals surface area contributed by atoms with Gasteiger partial charge in [-0.15, -0.1) is 10.2 Å².